The Balaban J connectivity index is 1.23. The van der Waals surface area contributed by atoms with Gasteiger partial charge >= 0.3 is 0 Å². The van der Waals surface area contributed by atoms with Gasteiger partial charge in [-0.05, 0) is 59.7 Å². The number of thiazole rings is 2. The maximum absolute atomic E-state index is 13.3. The fourth-order valence-electron chi connectivity index (χ4n) is 4.44. The van der Waals surface area contributed by atoms with Gasteiger partial charge in [0, 0.05) is 24.9 Å². The van der Waals surface area contributed by atoms with Gasteiger partial charge in [-0.15, -0.1) is 22.7 Å². The molecule has 0 spiro atoms. The Morgan fingerprint density at radius 3 is 1.27 bits per heavy atom. The van der Waals surface area contributed by atoms with Crippen LogP contribution in [0.2, 0.25) is 0 Å². The van der Waals surface area contributed by atoms with E-state index in [1.165, 1.54) is 0 Å². The summed E-state index contributed by atoms with van der Waals surface area (Å²) in [5.41, 5.74) is 5.77. The molecule has 0 aliphatic heterocycles. The zero-order chi connectivity index (χ0) is 28.4. The summed E-state index contributed by atoms with van der Waals surface area (Å²) in [6, 6.07) is 33.7. The molecule has 9 heteroatoms. The molecule has 0 saturated heterocycles. The second kappa shape index (κ2) is 11.3. The third-order valence-corrected chi connectivity index (χ3v) is 10.4. The zero-order valence-corrected chi connectivity index (χ0v) is 24.8. The highest BCUT2D eigenvalue weighted by Crippen LogP contribution is 2.26. The molecule has 4 aromatic carbocycles. The van der Waals surface area contributed by atoms with Gasteiger partial charge in [0.25, 0.3) is 0 Å². The molecule has 204 valence electrons. The van der Waals surface area contributed by atoms with Crippen molar-refractivity contribution in [1.29, 1.82) is 0 Å². The van der Waals surface area contributed by atoms with Crippen LogP contribution in [0.5, 0.6) is 0 Å². The summed E-state index contributed by atoms with van der Waals surface area (Å²) in [6.07, 6.45) is 0. The van der Waals surface area contributed by atoms with Gasteiger partial charge in [-0.2, -0.15) is 0 Å². The summed E-state index contributed by atoms with van der Waals surface area (Å²) in [5, 5.41) is 4.15. The lowest BCUT2D eigenvalue weighted by atomic mass is 10.2. The van der Waals surface area contributed by atoms with Crippen LogP contribution in [0.3, 0.4) is 0 Å². The molecule has 6 rings (SSSR count). The van der Waals surface area contributed by atoms with Crippen LogP contribution in [0.4, 0.5) is 11.4 Å². The molecule has 6 nitrogen and oxygen atoms in total. The number of aromatic nitrogens is 2. The van der Waals surface area contributed by atoms with Crippen molar-refractivity contribution in [3.05, 3.63) is 130 Å². The lowest BCUT2D eigenvalue weighted by molar-refractivity contribution is 0.596. The van der Waals surface area contributed by atoms with Crippen molar-refractivity contribution >= 4 is 43.9 Å². The smallest absolute Gasteiger partial charge is 0.206 e. The fourth-order valence-corrected chi connectivity index (χ4v) is 7.55. The van der Waals surface area contributed by atoms with Crippen LogP contribution in [-0.4, -0.2) is 17.6 Å². The fraction of sp³-hybridized carbons (Fsp3) is 0.0625. The molecular weight excluding hydrogens is 569 g/mol. The largest absolute Gasteiger partial charge is 0.320 e. The van der Waals surface area contributed by atoms with Crippen molar-refractivity contribution in [2.24, 2.45) is 24.1 Å². The molecule has 0 atom stereocenters. The molecule has 0 aliphatic rings. The lowest BCUT2D eigenvalue weighted by Crippen LogP contribution is -2.10. The van der Waals surface area contributed by atoms with E-state index in [0.29, 0.717) is 11.4 Å². The van der Waals surface area contributed by atoms with Crippen LogP contribution in [0, 0.1) is 0 Å². The summed E-state index contributed by atoms with van der Waals surface area (Å²) in [4.78, 5) is 11.6. The van der Waals surface area contributed by atoms with Gasteiger partial charge in [-0.1, -0.05) is 60.7 Å². The summed E-state index contributed by atoms with van der Waals surface area (Å²) >= 11 is 3.09. The molecule has 41 heavy (non-hydrogen) atoms. The average molecular weight is 595 g/mol. The summed E-state index contributed by atoms with van der Waals surface area (Å²) in [5.74, 6) is 0. The van der Waals surface area contributed by atoms with Crippen LogP contribution in [0.25, 0.3) is 22.5 Å². The van der Waals surface area contributed by atoms with Gasteiger partial charge in [0.05, 0.1) is 32.6 Å². The van der Waals surface area contributed by atoms with E-state index in [0.717, 1.165) is 32.1 Å². The summed E-state index contributed by atoms with van der Waals surface area (Å²) in [7, 11) is 0.272. The van der Waals surface area contributed by atoms with E-state index in [1.807, 2.05) is 59.6 Å². The van der Waals surface area contributed by atoms with Gasteiger partial charge in [0.1, 0.15) is 0 Å². The Hall–Kier alpha value is -4.31. The van der Waals surface area contributed by atoms with Crippen LogP contribution in [0.1, 0.15) is 0 Å². The van der Waals surface area contributed by atoms with E-state index in [9.17, 15) is 8.42 Å². The molecule has 0 unspecified atom stereocenters. The highest BCUT2D eigenvalue weighted by atomic mass is 32.2. The highest BCUT2D eigenvalue weighted by molar-refractivity contribution is 7.91. The Kier molecular flexibility index (Phi) is 7.40. The Labute approximate surface area is 246 Å². The Bertz CT molecular complexity index is 1910. The SMILES string of the molecule is Cn1c(-c2ccccc2)csc1=Nc1ccc(S(=O)(=O)c2ccc(N=c3scc(-c4ccccc4)n3C)cc2)cc1. The van der Waals surface area contributed by atoms with Crippen LogP contribution in [0.15, 0.2) is 140 Å². The van der Waals surface area contributed by atoms with Crippen molar-refractivity contribution in [3.63, 3.8) is 0 Å². The minimum atomic E-state index is -3.69. The number of sulfone groups is 1. The summed E-state index contributed by atoms with van der Waals surface area (Å²) in [6.45, 7) is 0. The molecular formula is C32H26N4O2S3. The molecule has 0 bridgehead atoms. The number of nitrogens with zero attached hydrogens (tertiary/aromatic N) is 4. The molecule has 2 aromatic heterocycles. The molecule has 0 fully saturated rings. The number of benzene rings is 4. The van der Waals surface area contributed by atoms with Gasteiger partial charge in [-0.3, -0.25) is 0 Å². The van der Waals surface area contributed by atoms with Gasteiger partial charge < -0.3 is 9.13 Å². The van der Waals surface area contributed by atoms with E-state index < -0.39 is 9.84 Å². The second-order valence-electron chi connectivity index (χ2n) is 9.37. The first-order chi connectivity index (χ1) is 19.9. The van der Waals surface area contributed by atoms with Gasteiger partial charge in [-0.25, -0.2) is 18.4 Å². The molecule has 2 heterocycles. The Morgan fingerprint density at radius 1 is 0.537 bits per heavy atom. The van der Waals surface area contributed by atoms with Crippen molar-refractivity contribution in [2.45, 2.75) is 9.79 Å². The molecule has 0 saturated carbocycles. The van der Waals surface area contributed by atoms with Gasteiger partial charge in [0.15, 0.2) is 9.60 Å². The van der Waals surface area contributed by atoms with E-state index in [1.54, 1.807) is 71.2 Å². The minimum Gasteiger partial charge on any atom is -0.320 e. The quantitative estimate of drug-likeness (QED) is 0.206. The molecule has 0 radical (unpaired) electrons. The number of hydrogen-bond acceptors (Lipinski definition) is 6. The molecule has 6 aromatic rings. The first-order valence-corrected chi connectivity index (χ1v) is 16.1. The Morgan fingerprint density at radius 2 is 0.902 bits per heavy atom. The van der Waals surface area contributed by atoms with Crippen molar-refractivity contribution in [3.8, 4) is 22.5 Å². The van der Waals surface area contributed by atoms with Crippen molar-refractivity contribution < 1.29 is 8.42 Å². The molecule has 0 N–H and O–H groups in total. The first-order valence-electron chi connectivity index (χ1n) is 12.8. The normalized spacial score (nSPS) is 12.6. The number of hydrogen-bond donors (Lipinski definition) is 0. The predicted octanol–water partition coefficient (Wildman–Crippen LogP) is 7.12. The standard InChI is InChI=1S/C32H26N4O2S3/c1-35-29(23-9-5-3-6-10-23)21-39-31(35)33-25-13-17-27(18-14-25)41(37,38)28-19-15-26(16-20-28)34-32-36(2)30(22-40-32)24-11-7-4-8-12-24/h3-22H,1-2H3. The zero-order valence-electron chi connectivity index (χ0n) is 22.4. The maximum atomic E-state index is 13.3. The third kappa shape index (κ3) is 5.52. The topological polar surface area (TPSA) is 68.7 Å². The number of rotatable bonds is 6. The van der Waals surface area contributed by atoms with E-state index in [2.05, 4.69) is 35.0 Å². The lowest BCUT2D eigenvalue weighted by Gasteiger charge is -2.06. The first kappa shape index (κ1) is 26.9. The highest BCUT2D eigenvalue weighted by Gasteiger charge is 2.17. The summed E-state index contributed by atoms with van der Waals surface area (Å²) < 4.78 is 30.7. The van der Waals surface area contributed by atoms with E-state index in [-0.39, 0.29) is 9.79 Å². The van der Waals surface area contributed by atoms with Crippen LogP contribution in [-0.2, 0) is 23.9 Å². The monoisotopic (exact) mass is 594 g/mol. The predicted molar refractivity (Wildman–Crippen MR) is 166 cm³/mol. The van der Waals surface area contributed by atoms with E-state index >= 15 is 0 Å². The van der Waals surface area contributed by atoms with Crippen LogP contribution >= 0.6 is 22.7 Å². The van der Waals surface area contributed by atoms with Gasteiger partial charge in [0.2, 0.25) is 9.84 Å². The maximum Gasteiger partial charge on any atom is 0.206 e. The van der Waals surface area contributed by atoms with Crippen LogP contribution < -0.4 is 9.60 Å². The van der Waals surface area contributed by atoms with Crippen molar-refractivity contribution in [2.75, 3.05) is 0 Å². The van der Waals surface area contributed by atoms with E-state index in [4.69, 9.17) is 9.98 Å². The molecule has 0 aliphatic carbocycles. The third-order valence-electron chi connectivity index (χ3n) is 6.73. The average Bonchev–Trinajstić information content (AvgIpc) is 3.56. The second-order valence-corrected chi connectivity index (χ2v) is 13.0. The minimum absolute atomic E-state index is 0.221. The molecule has 0 amide bonds. The van der Waals surface area contributed by atoms with Crippen molar-refractivity contribution in [1.82, 2.24) is 9.13 Å².